The molecule has 0 aromatic heterocycles. The summed E-state index contributed by atoms with van der Waals surface area (Å²) in [5.41, 5.74) is 1.44. The van der Waals surface area contributed by atoms with Crippen molar-refractivity contribution in [2.45, 2.75) is 41.0 Å². The van der Waals surface area contributed by atoms with Crippen molar-refractivity contribution in [3.63, 3.8) is 0 Å². The Bertz CT molecular complexity index is 436. The Morgan fingerprint density at radius 1 is 1.29 bits per heavy atom. The van der Waals surface area contributed by atoms with Gasteiger partial charge in [0.25, 0.3) is 0 Å². The van der Waals surface area contributed by atoms with Gasteiger partial charge in [-0.15, -0.1) is 15.8 Å². The molecule has 0 bridgehead atoms. The van der Waals surface area contributed by atoms with Gasteiger partial charge in [-0.25, -0.2) is 9.18 Å². The third-order valence-corrected chi connectivity index (χ3v) is 2.56. The topological polar surface area (TPSA) is 41.1 Å². The van der Waals surface area contributed by atoms with Crippen LogP contribution in [-0.2, 0) is 0 Å². The van der Waals surface area contributed by atoms with Crippen LogP contribution in [0.2, 0.25) is 0 Å². The molecular formula is C16H28FN2OP. The molecule has 0 heterocycles. The van der Waals surface area contributed by atoms with Gasteiger partial charge in [-0.05, 0) is 25.5 Å². The number of anilines is 1. The van der Waals surface area contributed by atoms with E-state index in [4.69, 9.17) is 0 Å². The van der Waals surface area contributed by atoms with Crippen molar-refractivity contribution < 1.29 is 9.18 Å². The molecule has 2 amide bonds. The highest BCUT2D eigenvalue weighted by molar-refractivity contribution is 7.27. The summed E-state index contributed by atoms with van der Waals surface area (Å²) in [5.74, 6) is -0.366. The minimum absolute atomic E-state index is 0.345. The molecule has 0 radical (unpaired) electrons. The first kappa shape index (κ1) is 21.9. The predicted molar refractivity (Wildman–Crippen MR) is 94.9 cm³/mol. The van der Waals surface area contributed by atoms with Crippen molar-refractivity contribution in [2.24, 2.45) is 0 Å². The van der Waals surface area contributed by atoms with E-state index in [-0.39, 0.29) is 11.8 Å². The highest BCUT2D eigenvalue weighted by Gasteiger charge is 2.03. The van der Waals surface area contributed by atoms with Crippen molar-refractivity contribution in [3.8, 4) is 0 Å². The molecule has 0 saturated heterocycles. The Morgan fingerprint density at radius 3 is 2.33 bits per heavy atom. The minimum Gasteiger partial charge on any atom is -0.338 e. The quantitative estimate of drug-likeness (QED) is 0.625. The number of amides is 2. The molecule has 0 fully saturated rings. The van der Waals surface area contributed by atoms with Gasteiger partial charge in [0, 0.05) is 17.5 Å². The van der Waals surface area contributed by atoms with E-state index in [1.54, 1.807) is 12.1 Å². The van der Waals surface area contributed by atoms with Crippen molar-refractivity contribution in [3.05, 3.63) is 36.2 Å². The first-order valence-corrected chi connectivity index (χ1v) is 7.81. The summed E-state index contributed by atoms with van der Waals surface area (Å²) in [6.07, 6.45) is 0.728. The van der Waals surface area contributed by atoms with Gasteiger partial charge in [-0.2, -0.15) is 0 Å². The molecule has 3 nitrogen and oxygen atoms in total. The first-order chi connectivity index (χ1) is 9.99. The van der Waals surface area contributed by atoms with Crippen molar-refractivity contribution in [1.82, 2.24) is 5.32 Å². The normalized spacial score (nSPS) is 8.52. The van der Waals surface area contributed by atoms with Gasteiger partial charge in [0.15, 0.2) is 0 Å². The third-order valence-electron chi connectivity index (χ3n) is 2.10. The Hall–Kier alpha value is -1.41. The molecule has 1 rings (SSSR count). The molecule has 1 aromatic carbocycles. The Balaban J connectivity index is 0. The van der Waals surface area contributed by atoms with E-state index in [0.29, 0.717) is 17.5 Å². The Labute approximate surface area is 130 Å². The van der Waals surface area contributed by atoms with Crippen LogP contribution in [0.3, 0.4) is 0 Å². The standard InChI is InChI=1S/C12H16FN2OP.2C2H6/c1-8(2)5-6-14-12(16)15-9-3-4-11(17)10(13)7-9;2*1-2/h3-4,7H,1,5-6,17H2,2H3,(H2,14,15,16);2*1-2H3. The second-order valence-electron chi connectivity index (χ2n) is 3.82. The molecular weight excluding hydrogens is 286 g/mol. The predicted octanol–water partition coefficient (Wildman–Crippen LogP) is 4.47. The summed E-state index contributed by atoms with van der Waals surface area (Å²) in [7, 11) is 2.28. The lowest BCUT2D eigenvalue weighted by Crippen LogP contribution is -2.29. The summed E-state index contributed by atoms with van der Waals surface area (Å²) in [6, 6.07) is 4.16. The summed E-state index contributed by atoms with van der Waals surface area (Å²) in [6.45, 7) is 14.1. The fourth-order valence-corrected chi connectivity index (χ4v) is 1.35. The van der Waals surface area contributed by atoms with Gasteiger partial charge in [-0.1, -0.05) is 39.3 Å². The molecule has 0 aliphatic heterocycles. The van der Waals surface area contributed by atoms with Crippen LogP contribution in [0.15, 0.2) is 30.4 Å². The van der Waals surface area contributed by atoms with E-state index >= 15 is 0 Å². The number of hydrogen-bond acceptors (Lipinski definition) is 1. The molecule has 1 aromatic rings. The van der Waals surface area contributed by atoms with Crippen LogP contribution >= 0.6 is 9.24 Å². The van der Waals surface area contributed by atoms with Crippen molar-refractivity contribution >= 4 is 26.3 Å². The number of rotatable bonds is 4. The van der Waals surface area contributed by atoms with Gasteiger partial charge < -0.3 is 10.6 Å². The largest absolute Gasteiger partial charge is 0.338 e. The fraction of sp³-hybridized carbons (Fsp3) is 0.438. The minimum atomic E-state index is -0.366. The van der Waals surface area contributed by atoms with Crippen LogP contribution < -0.4 is 15.9 Å². The van der Waals surface area contributed by atoms with Crippen LogP contribution in [-0.4, -0.2) is 12.6 Å². The smallest absolute Gasteiger partial charge is 0.319 e. The zero-order chi connectivity index (χ0) is 16.8. The lowest BCUT2D eigenvalue weighted by atomic mass is 10.2. The van der Waals surface area contributed by atoms with Crippen LogP contribution in [0, 0.1) is 5.82 Å². The zero-order valence-electron chi connectivity index (χ0n) is 13.7. The van der Waals surface area contributed by atoms with Gasteiger partial charge in [-0.3, -0.25) is 0 Å². The maximum absolute atomic E-state index is 13.2. The lowest BCUT2D eigenvalue weighted by molar-refractivity contribution is 0.252. The summed E-state index contributed by atoms with van der Waals surface area (Å²) < 4.78 is 13.2. The molecule has 0 saturated carbocycles. The van der Waals surface area contributed by atoms with E-state index in [9.17, 15) is 9.18 Å². The maximum Gasteiger partial charge on any atom is 0.319 e. The van der Waals surface area contributed by atoms with E-state index in [2.05, 4.69) is 26.5 Å². The molecule has 0 aliphatic rings. The van der Waals surface area contributed by atoms with Gasteiger partial charge in [0.05, 0.1) is 0 Å². The molecule has 5 heteroatoms. The fourth-order valence-electron chi connectivity index (χ4n) is 1.17. The number of benzene rings is 1. The lowest BCUT2D eigenvalue weighted by Gasteiger charge is -2.08. The van der Waals surface area contributed by atoms with E-state index < -0.39 is 0 Å². The van der Waals surface area contributed by atoms with Gasteiger partial charge >= 0.3 is 6.03 Å². The number of halogens is 1. The van der Waals surface area contributed by atoms with Crippen LogP contribution in [0.4, 0.5) is 14.9 Å². The summed E-state index contributed by atoms with van der Waals surface area (Å²) in [5, 5.41) is 5.68. The second kappa shape index (κ2) is 13.6. The third kappa shape index (κ3) is 11.0. The molecule has 120 valence electrons. The SMILES string of the molecule is C=C(C)CCNC(=O)Nc1ccc(P)c(F)c1.CC.CC. The van der Waals surface area contributed by atoms with Crippen LogP contribution in [0.25, 0.3) is 0 Å². The zero-order valence-corrected chi connectivity index (χ0v) is 14.9. The number of hydrogen-bond donors (Lipinski definition) is 2. The summed E-state index contributed by atoms with van der Waals surface area (Å²) >= 11 is 0. The molecule has 1 unspecified atom stereocenters. The highest BCUT2D eigenvalue weighted by Crippen LogP contribution is 2.09. The van der Waals surface area contributed by atoms with Crippen molar-refractivity contribution in [2.75, 3.05) is 11.9 Å². The molecule has 1 atom stereocenters. The number of urea groups is 1. The van der Waals surface area contributed by atoms with E-state index in [0.717, 1.165) is 12.0 Å². The van der Waals surface area contributed by atoms with E-state index in [1.165, 1.54) is 6.07 Å². The molecule has 21 heavy (non-hydrogen) atoms. The van der Waals surface area contributed by atoms with Crippen LogP contribution in [0.5, 0.6) is 0 Å². The first-order valence-electron chi connectivity index (χ1n) is 7.23. The highest BCUT2D eigenvalue weighted by atomic mass is 31.0. The van der Waals surface area contributed by atoms with Gasteiger partial charge in [0.2, 0.25) is 0 Å². The number of carbonyl (C=O) groups is 1. The average Bonchev–Trinajstić information content (AvgIpc) is 2.47. The number of carbonyl (C=O) groups excluding carboxylic acids is 1. The monoisotopic (exact) mass is 314 g/mol. The molecule has 0 spiro atoms. The van der Waals surface area contributed by atoms with Crippen molar-refractivity contribution in [1.29, 1.82) is 0 Å². The average molecular weight is 314 g/mol. The second-order valence-corrected chi connectivity index (χ2v) is 4.45. The van der Waals surface area contributed by atoms with E-state index in [1.807, 2.05) is 34.6 Å². The number of nitrogens with one attached hydrogen (secondary N) is 2. The Kier molecular flexibility index (Phi) is 14.1. The Morgan fingerprint density at radius 2 is 1.86 bits per heavy atom. The maximum atomic E-state index is 13.2. The van der Waals surface area contributed by atoms with Gasteiger partial charge in [0.1, 0.15) is 5.82 Å². The van der Waals surface area contributed by atoms with Crippen LogP contribution in [0.1, 0.15) is 41.0 Å². The molecule has 2 N–H and O–H groups in total. The molecule has 0 aliphatic carbocycles. The summed E-state index contributed by atoms with van der Waals surface area (Å²) in [4.78, 5) is 11.4.